The van der Waals surface area contributed by atoms with Gasteiger partial charge in [0, 0.05) is 0 Å². The van der Waals surface area contributed by atoms with Crippen LogP contribution in [0.1, 0.15) is 0 Å². The summed E-state index contributed by atoms with van der Waals surface area (Å²) >= 11 is 0. The number of alkyl halides is 18. The molecule has 33 heavy (non-hydrogen) atoms. The third-order valence-corrected chi connectivity index (χ3v) is 5.40. The summed E-state index contributed by atoms with van der Waals surface area (Å²) in [6, 6.07) is 0. The summed E-state index contributed by atoms with van der Waals surface area (Å²) < 4.78 is 238. The second-order valence-corrected chi connectivity index (χ2v) is 10.6. The Balaban J connectivity index is 7.02. The van der Waals surface area contributed by atoms with E-state index in [1.807, 2.05) is 0 Å². The maximum atomic E-state index is 12.7. The zero-order valence-electron chi connectivity index (χ0n) is 15.2. The Bertz CT molecular complexity index is 533. The van der Waals surface area contributed by atoms with Crippen molar-refractivity contribution in [2.75, 3.05) is 13.3 Å². The van der Waals surface area contributed by atoms with Crippen LogP contribution in [0.15, 0.2) is 0 Å². The van der Waals surface area contributed by atoms with Gasteiger partial charge in [-0.25, -0.2) is 0 Å². The summed E-state index contributed by atoms with van der Waals surface area (Å²) in [6.07, 6.45) is -57.5. The van der Waals surface area contributed by atoms with E-state index in [1.165, 1.54) is 0 Å². The van der Waals surface area contributed by atoms with Gasteiger partial charge in [0.2, 0.25) is 0 Å². The topological polar surface area (TPSA) is 27.7 Å². The molecule has 0 aliphatic carbocycles. The van der Waals surface area contributed by atoms with Crippen LogP contribution in [-0.4, -0.2) is 68.7 Å². The fraction of sp³-hybridized carbons (Fsp3) is 1.00. The van der Waals surface area contributed by atoms with Crippen molar-refractivity contribution in [3.05, 3.63) is 0 Å². The first-order valence-electron chi connectivity index (χ1n) is 7.28. The van der Waals surface area contributed by atoms with E-state index in [9.17, 15) is 79.0 Å². The van der Waals surface area contributed by atoms with Crippen LogP contribution in [0, 0.1) is 0 Å². The van der Waals surface area contributed by atoms with E-state index >= 15 is 0 Å². The molecule has 0 atom stereocenters. The van der Waals surface area contributed by atoms with Crippen molar-refractivity contribution >= 4 is 7.28 Å². The summed E-state index contributed by atoms with van der Waals surface area (Å²) in [4.78, 5) is 0. The molecular weight excluding hydrogens is 553 g/mol. The molecule has 0 radical (unpaired) electrons. The van der Waals surface area contributed by atoms with Crippen molar-refractivity contribution in [3.63, 3.8) is 0 Å². The second-order valence-electron chi connectivity index (χ2n) is 6.47. The summed E-state index contributed by atoms with van der Waals surface area (Å²) in [5, 5.41) is 0. The first-order valence-corrected chi connectivity index (χ1v) is 10.2. The van der Waals surface area contributed by atoms with Crippen LogP contribution < -0.4 is 0 Å². The van der Waals surface area contributed by atoms with Crippen molar-refractivity contribution in [2.45, 2.75) is 55.4 Å². The molecule has 202 valence electrons. The van der Waals surface area contributed by atoms with Crippen LogP contribution in [0.25, 0.3) is 0 Å². The Kier molecular flexibility index (Phi) is 8.37. The molecule has 0 aromatic heterocycles. The van der Waals surface area contributed by atoms with E-state index in [1.54, 1.807) is 0 Å². The van der Waals surface area contributed by atoms with Crippen molar-refractivity contribution in [1.29, 1.82) is 0 Å². The van der Waals surface area contributed by atoms with Gasteiger partial charge in [-0.1, -0.05) is 0 Å². The number of hydrogen-bond donors (Lipinski definition) is 0. The Morgan fingerprint density at radius 2 is 0.485 bits per heavy atom. The fourth-order valence-corrected chi connectivity index (χ4v) is 4.53. The monoisotopic (exact) mass is 562 g/mol. The Morgan fingerprint density at radius 1 is 0.364 bits per heavy atom. The van der Waals surface area contributed by atoms with Crippen LogP contribution in [0.2, 0.25) is 0 Å². The van der Waals surface area contributed by atoms with Crippen LogP contribution in [0.4, 0.5) is 79.0 Å². The van der Waals surface area contributed by atoms with Gasteiger partial charge < -0.3 is 0 Å². The van der Waals surface area contributed by atoms with Gasteiger partial charge >= 0.3 is 169 Å². The molecule has 0 unspecified atom stereocenters. The zero-order valence-corrected chi connectivity index (χ0v) is 16.1. The molecule has 0 saturated heterocycles. The molecule has 0 saturated carbocycles. The number of halogens is 18. The standard InChI is InChI=1S/C11H9F18O3P/c1-33(2,30-3(6(12,13)14)7(15,16)17,31-4(8(18,19)20)9(21,22)23)32-5(10(24,25)26)11(27,28)29/h3-5H,1-2H3. The summed E-state index contributed by atoms with van der Waals surface area (Å²) in [7, 11) is -7.93. The van der Waals surface area contributed by atoms with Gasteiger partial charge in [-0.3, -0.25) is 0 Å². The first-order chi connectivity index (χ1) is 13.8. The molecule has 0 rings (SSSR count). The molecule has 0 aliphatic rings. The predicted octanol–water partition coefficient (Wildman–Crippen LogP) is 7.07. The van der Waals surface area contributed by atoms with Crippen LogP contribution >= 0.6 is 7.28 Å². The van der Waals surface area contributed by atoms with Gasteiger partial charge in [-0.05, 0) is 0 Å². The van der Waals surface area contributed by atoms with E-state index in [2.05, 4.69) is 13.6 Å². The van der Waals surface area contributed by atoms with E-state index in [0.29, 0.717) is 0 Å². The van der Waals surface area contributed by atoms with E-state index in [-0.39, 0.29) is 0 Å². The molecule has 0 amide bonds. The van der Waals surface area contributed by atoms with Crippen molar-refractivity contribution < 1.29 is 92.6 Å². The zero-order chi connectivity index (χ0) is 27.3. The molecular formula is C11H9F18O3P. The van der Waals surface area contributed by atoms with E-state index < -0.39 is 76.0 Å². The summed E-state index contributed by atoms with van der Waals surface area (Å²) in [6.45, 7) is -1.71. The molecule has 0 fully saturated rings. The first kappa shape index (κ1) is 32.0. The van der Waals surface area contributed by atoms with Gasteiger partial charge in [-0.15, -0.1) is 0 Å². The predicted molar refractivity (Wildman–Crippen MR) is 69.7 cm³/mol. The molecule has 0 spiro atoms. The van der Waals surface area contributed by atoms with Gasteiger partial charge in [0.15, 0.2) is 0 Å². The Morgan fingerprint density at radius 3 is 0.576 bits per heavy atom. The molecule has 3 nitrogen and oxygen atoms in total. The number of hydrogen-bond acceptors (Lipinski definition) is 3. The normalized spacial score (nSPS) is 17.1. The van der Waals surface area contributed by atoms with Crippen molar-refractivity contribution in [1.82, 2.24) is 0 Å². The molecule has 0 heterocycles. The quantitative estimate of drug-likeness (QED) is 0.256. The van der Waals surface area contributed by atoms with Crippen LogP contribution in [0.3, 0.4) is 0 Å². The summed E-state index contributed by atoms with van der Waals surface area (Å²) in [5.74, 6) is 0. The Hall–Kier alpha value is -0.950. The second kappa shape index (κ2) is 8.61. The van der Waals surface area contributed by atoms with E-state index in [0.717, 1.165) is 0 Å². The molecule has 0 N–H and O–H groups in total. The summed E-state index contributed by atoms with van der Waals surface area (Å²) in [5.41, 5.74) is 0. The van der Waals surface area contributed by atoms with Crippen LogP contribution in [0.5, 0.6) is 0 Å². The average Bonchev–Trinajstić information content (AvgIpc) is 2.42. The van der Waals surface area contributed by atoms with Crippen LogP contribution in [-0.2, 0) is 13.6 Å². The number of rotatable bonds is 6. The minimum absolute atomic E-state index is 0.856. The maximum absolute atomic E-state index is 12.7. The average molecular weight is 562 g/mol. The Labute approximate surface area is 170 Å². The minimum atomic E-state index is -7.93. The van der Waals surface area contributed by atoms with Gasteiger partial charge in [0.05, 0.1) is 0 Å². The third kappa shape index (κ3) is 9.31. The van der Waals surface area contributed by atoms with Crippen molar-refractivity contribution in [3.8, 4) is 0 Å². The van der Waals surface area contributed by atoms with Gasteiger partial charge in [-0.2, -0.15) is 0 Å². The van der Waals surface area contributed by atoms with Gasteiger partial charge in [0.25, 0.3) is 0 Å². The molecule has 0 aromatic rings. The van der Waals surface area contributed by atoms with Crippen molar-refractivity contribution in [2.24, 2.45) is 0 Å². The SMILES string of the molecule is CP(C)(OC(C(F)(F)F)C(F)(F)F)(OC(C(F)(F)F)C(F)(F)F)OC(C(F)(F)F)C(F)(F)F. The molecule has 0 aliphatic heterocycles. The molecule has 0 bridgehead atoms. The van der Waals surface area contributed by atoms with E-state index in [4.69, 9.17) is 0 Å². The molecule has 0 aromatic carbocycles. The fourth-order valence-electron chi connectivity index (χ4n) is 1.88. The van der Waals surface area contributed by atoms with Gasteiger partial charge in [0.1, 0.15) is 0 Å². The third-order valence-electron chi connectivity index (χ3n) is 2.99. The molecule has 22 heteroatoms.